The Morgan fingerprint density at radius 1 is 1.32 bits per heavy atom. The summed E-state index contributed by atoms with van der Waals surface area (Å²) in [7, 11) is -3.23. The molecule has 0 radical (unpaired) electrons. The molecule has 0 spiro atoms. The maximum atomic E-state index is 11.9. The highest BCUT2D eigenvalue weighted by Crippen LogP contribution is 2.29. The lowest BCUT2D eigenvalue weighted by Crippen LogP contribution is -2.54. The minimum absolute atomic E-state index is 0.0913. The molecule has 1 aliphatic heterocycles. The van der Waals surface area contributed by atoms with Crippen molar-refractivity contribution in [2.45, 2.75) is 44.0 Å². The van der Waals surface area contributed by atoms with E-state index in [0.29, 0.717) is 25.9 Å². The molecule has 7 heteroatoms. The molecule has 0 unspecified atom stereocenters. The lowest BCUT2D eigenvalue weighted by atomic mass is 9.96. The quantitative estimate of drug-likeness (QED) is 0.811. The molecule has 2 N–H and O–H groups in total. The zero-order chi connectivity index (χ0) is 14.9. The molecule has 0 aliphatic carbocycles. The van der Waals surface area contributed by atoms with Crippen molar-refractivity contribution in [3.63, 3.8) is 0 Å². The van der Waals surface area contributed by atoms with Gasteiger partial charge in [0.25, 0.3) is 0 Å². The first-order valence-electron chi connectivity index (χ1n) is 6.38. The number of hydrogen-bond donors (Lipinski definition) is 1. The van der Waals surface area contributed by atoms with Gasteiger partial charge in [-0.2, -0.15) is 0 Å². The van der Waals surface area contributed by atoms with Gasteiger partial charge in [0.15, 0.2) is 9.84 Å². The summed E-state index contributed by atoms with van der Waals surface area (Å²) >= 11 is 0. The Hall–Kier alpha value is -0.820. The summed E-state index contributed by atoms with van der Waals surface area (Å²) in [6.07, 6.45) is 1.54. The highest BCUT2D eigenvalue weighted by atomic mass is 32.2. The Bertz CT molecular complexity index is 431. The summed E-state index contributed by atoms with van der Waals surface area (Å²) in [5, 5.41) is 0. The Balaban J connectivity index is 2.70. The third kappa shape index (κ3) is 3.82. The van der Waals surface area contributed by atoms with Gasteiger partial charge in [-0.05, 0) is 33.6 Å². The molecule has 1 saturated heterocycles. The van der Waals surface area contributed by atoms with Crippen LogP contribution in [0.15, 0.2) is 0 Å². The zero-order valence-corrected chi connectivity index (χ0v) is 12.9. The van der Waals surface area contributed by atoms with E-state index in [0.717, 1.165) is 0 Å². The lowest BCUT2D eigenvalue weighted by molar-refractivity contribution is 0.0196. The normalized spacial score (nSPS) is 20.2. The number of nitrogens with zero attached hydrogens (tertiary/aromatic N) is 1. The Labute approximate surface area is 115 Å². The van der Waals surface area contributed by atoms with E-state index >= 15 is 0 Å². The van der Waals surface area contributed by atoms with E-state index in [-0.39, 0.29) is 6.54 Å². The summed E-state index contributed by atoms with van der Waals surface area (Å²) in [6.45, 7) is 6.22. The molecule has 1 aliphatic rings. The summed E-state index contributed by atoms with van der Waals surface area (Å²) < 4.78 is 28.0. The Morgan fingerprint density at radius 3 is 2.11 bits per heavy atom. The van der Waals surface area contributed by atoms with Gasteiger partial charge in [0, 0.05) is 25.9 Å². The maximum absolute atomic E-state index is 11.9. The van der Waals surface area contributed by atoms with Crippen molar-refractivity contribution in [3.8, 4) is 0 Å². The van der Waals surface area contributed by atoms with Gasteiger partial charge in [0.05, 0.1) is 4.75 Å². The number of hydrogen-bond acceptors (Lipinski definition) is 5. The van der Waals surface area contributed by atoms with Gasteiger partial charge in [-0.3, -0.25) is 0 Å². The standard InChI is InChI=1S/C12H24N2O4S/c1-11(2,3)18-10(15)14-7-5-12(9-13,6-8-14)19(4,16)17/h5-9,13H2,1-4H3. The van der Waals surface area contributed by atoms with Crippen LogP contribution >= 0.6 is 0 Å². The molecule has 1 amide bonds. The summed E-state index contributed by atoms with van der Waals surface area (Å²) in [4.78, 5) is 13.4. The number of rotatable bonds is 2. The van der Waals surface area contributed by atoms with Crippen molar-refractivity contribution in [2.75, 3.05) is 25.9 Å². The highest BCUT2D eigenvalue weighted by molar-refractivity contribution is 7.92. The number of piperidine rings is 1. The maximum Gasteiger partial charge on any atom is 0.410 e. The number of likely N-dealkylation sites (tertiary alicyclic amines) is 1. The molecule has 0 aromatic carbocycles. The lowest BCUT2D eigenvalue weighted by Gasteiger charge is -2.39. The summed E-state index contributed by atoms with van der Waals surface area (Å²) in [5.74, 6) is 0. The Morgan fingerprint density at radius 2 is 1.79 bits per heavy atom. The van der Waals surface area contributed by atoms with E-state index in [9.17, 15) is 13.2 Å². The minimum Gasteiger partial charge on any atom is -0.444 e. The largest absolute Gasteiger partial charge is 0.444 e. The van der Waals surface area contributed by atoms with E-state index in [1.807, 2.05) is 0 Å². The molecular formula is C12H24N2O4S. The molecular weight excluding hydrogens is 268 g/mol. The van der Waals surface area contributed by atoms with Crippen LogP contribution in [0.25, 0.3) is 0 Å². The molecule has 1 rings (SSSR count). The molecule has 0 aromatic heterocycles. The van der Waals surface area contributed by atoms with Crippen LogP contribution in [0.2, 0.25) is 0 Å². The fourth-order valence-corrected chi connectivity index (χ4v) is 3.38. The van der Waals surface area contributed by atoms with Crippen molar-refractivity contribution in [1.29, 1.82) is 0 Å². The van der Waals surface area contributed by atoms with Crippen molar-refractivity contribution in [2.24, 2.45) is 5.73 Å². The van der Waals surface area contributed by atoms with Crippen molar-refractivity contribution in [3.05, 3.63) is 0 Å². The first-order chi connectivity index (χ1) is 8.51. The smallest absolute Gasteiger partial charge is 0.410 e. The van der Waals surface area contributed by atoms with Crippen molar-refractivity contribution >= 4 is 15.9 Å². The number of amides is 1. The molecule has 1 fully saturated rings. The highest BCUT2D eigenvalue weighted by Gasteiger charge is 2.43. The first-order valence-corrected chi connectivity index (χ1v) is 8.27. The van der Waals surface area contributed by atoms with Crippen LogP contribution in [0, 0.1) is 0 Å². The fourth-order valence-electron chi connectivity index (χ4n) is 2.15. The molecule has 1 heterocycles. The molecule has 6 nitrogen and oxygen atoms in total. The topological polar surface area (TPSA) is 89.7 Å². The Kier molecular flexibility index (Phi) is 4.51. The van der Waals surface area contributed by atoms with E-state index < -0.39 is 26.3 Å². The van der Waals surface area contributed by atoms with Crippen LogP contribution in [0.5, 0.6) is 0 Å². The minimum atomic E-state index is -3.23. The van der Waals surface area contributed by atoms with Crippen LogP contribution in [0.4, 0.5) is 4.79 Å². The second kappa shape index (κ2) is 5.28. The second-order valence-corrected chi connectivity index (χ2v) is 8.54. The van der Waals surface area contributed by atoms with Gasteiger partial charge in [0.1, 0.15) is 5.60 Å². The van der Waals surface area contributed by atoms with E-state index in [1.54, 1.807) is 25.7 Å². The van der Waals surface area contributed by atoms with Gasteiger partial charge in [-0.15, -0.1) is 0 Å². The van der Waals surface area contributed by atoms with E-state index in [2.05, 4.69) is 0 Å². The first kappa shape index (κ1) is 16.2. The van der Waals surface area contributed by atoms with Crippen LogP contribution in [0.1, 0.15) is 33.6 Å². The molecule has 19 heavy (non-hydrogen) atoms. The second-order valence-electron chi connectivity index (χ2n) is 6.13. The molecule has 0 atom stereocenters. The average molecular weight is 292 g/mol. The van der Waals surface area contributed by atoms with E-state index in [4.69, 9.17) is 10.5 Å². The fraction of sp³-hybridized carbons (Fsp3) is 0.917. The predicted molar refractivity (Wildman–Crippen MR) is 73.7 cm³/mol. The monoisotopic (exact) mass is 292 g/mol. The number of ether oxygens (including phenoxy) is 1. The van der Waals surface area contributed by atoms with Crippen molar-refractivity contribution in [1.82, 2.24) is 4.90 Å². The SMILES string of the molecule is CC(C)(C)OC(=O)N1CCC(CN)(S(C)(=O)=O)CC1. The van der Waals surface area contributed by atoms with Gasteiger partial charge in [-0.1, -0.05) is 0 Å². The number of carbonyl (C=O) groups excluding carboxylic acids is 1. The predicted octanol–water partition coefficient (Wildman–Crippen LogP) is 0.759. The number of carbonyl (C=O) groups is 1. The molecule has 0 bridgehead atoms. The number of sulfone groups is 1. The van der Waals surface area contributed by atoms with Crippen LogP contribution in [0.3, 0.4) is 0 Å². The van der Waals surface area contributed by atoms with Crippen molar-refractivity contribution < 1.29 is 17.9 Å². The molecule has 0 saturated carbocycles. The molecule has 0 aromatic rings. The van der Waals surface area contributed by atoms with Crippen LogP contribution in [-0.2, 0) is 14.6 Å². The van der Waals surface area contributed by atoms with Gasteiger partial charge in [-0.25, -0.2) is 13.2 Å². The van der Waals surface area contributed by atoms with Crippen LogP contribution in [-0.4, -0.2) is 55.6 Å². The average Bonchev–Trinajstić information content (AvgIpc) is 2.25. The van der Waals surface area contributed by atoms with Crippen LogP contribution < -0.4 is 5.73 Å². The van der Waals surface area contributed by atoms with Gasteiger partial charge in [0.2, 0.25) is 0 Å². The van der Waals surface area contributed by atoms with Gasteiger partial charge < -0.3 is 15.4 Å². The third-order valence-corrected chi connectivity index (χ3v) is 5.63. The van der Waals surface area contributed by atoms with E-state index in [1.165, 1.54) is 6.26 Å². The summed E-state index contributed by atoms with van der Waals surface area (Å²) in [5.41, 5.74) is 5.09. The number of nitrogens with two attached hydrogens (primary N) is 1. The summed E-state index contributed by atoms with van der Waals surface area (Å²) in [6, 6.07) is 0. The molecule has 112 valence electrons. The third-order valence-electron chi connectivity index (χ3n) is 3.48. The van der Waals surface area contributed by atoms with Gasteiger partial charge >= 0.3 is 6.09 Å². The zero-order valence-electron chi connectivity index (χ0n) is 12.1.